The standard InChI is InChI=1S/C19H27N3O/c1-3-19-20-9-11-22(19)17-7-5-10-21(15-17)12-13-23-18-8-4-6-16(2)14-18/h4,6,8-9,11,14,17H,3,5,7,10,12-13,15H2,1-2H3. The van der Waals surface area contributed by atoms with Gasteiger partial charge in [0.25, 0.3) is 0 Å². The molecule has 1 aromatic heterocycles. The number of hydrogen-bond acceptors (Lipinski definition) is 3. The Morgan fingerprint density at radius 2 is 2.26 bits per heavy atom. The normalized spacial score (nSPS) is 19.0. The number of ether oxygens (including phenoxy) is 1. The summed E-state index contributed by atoms with van der Waals surface area (Å²) in [7, 11) is 0. The lowest BCUT2D eigenvalue weighted by atomic mass is 10.1. The molecule has 0 saturated carbocycles. The van der Waals surface area contributed by atoms with Gasteiger partial charge in [-0.2, -0.15) is 0 Å². The summed E-state index contributed by atoms with van der Waals surface area (Å²) in [6, 6.07) is 8.83. The minimum Gasteiger partial charge on any atom is -0.492 e. The van der Waals surface area contributed by atoms with Gasteiger partial charge >= 0.3 is 0 Å². The Morgan fingerprint density at radius 1 is 1.35 bits per heavy atom. The Kier molecular flexibility index (Phi) is 5.34. The van der Waals surface area contributed by atoms with E-state index in [-0.39, 0.29) is 0 Å². The Morgan fingerprint density at radius 3 is 3.09 bits per heavy atom. The van der Waals surface area contributed by atoms with Crippen LogP contribution in [0.5, 0.6) is 5.75 Å². The van der Waals surface area contributed by atoms with Crippen LogP contribution in [0.15, 0.2) is 36.7 Å². The van der Waals surface area contributed by atoms with Gasteiger partial charge in [0.05, 0.1) is 0 Å². The zero-order valence-corrected chi connectivity index (χ0v) is 14.2. The predicted molar refractivity (Wildman–Crippen MR) is 93.0 cm³/mol. The maximum atomic E-state index is 5.90. The van der Waals surface area contributed by atoms with E-state index in [0.29, 0.717) is 6.04 Å². The molecular weight excluding hydrogens is 286 g/mol. The summed E-state index contributed by atoms with van der Waals surface area (Å²) in [5.41, 5.74) is 1.24. The fourth-order valence-corrected chi connectivity index (χ4v) is 3.41. The highest BCUT2D eigenvalue weighted by molar-refractivity contribution is 5.27. The summed E-state index contributed by atoms with van der Waals surface area (Å²) in [4.78, 5) is 6.98. The molecule has 1 atom stereocenters. The highest BCUT2D eigenvalue weighted by Gasteiger charge is 2.22. The van der Waals surface area contributed by atoms with Crippen molar-refractivity contribution in [3.8, 4) is 5.75 Å². The van der Waals surface area contributed by atoms with Gasteiger partial charge in [-0.25, -0.2) is 4.98 Å². The van der Waals surface area contributed by atoms with Crippen molar-refractivity contribution >= 4 is 0 Å². The lowest BCUT2D eigenvalue weighted by molar-refractivity contribution is 0.148. The number of imidazole rings is 1. The van der Waals surface area contributed by atoms with Crippen LogP contribution in [0.25, 0.3) is 0 Å². The summed E-state index contributed by atoms with van der Waals surface area (Å²) in [5.74, 6) is 2.18. The van der Waals surface area contributed by atoms with Gasteiger partial charge in [0.15, 0.2) is 0 Å². The summed E-state index contributed by atoms with van der Waals surface area (Å²) >= 11 is 0. The summed E-state index contributed by atoms with van der Waals surface area (Å²) < 4.78 is 8.27. The SMILES string of the molecule is CCc1nccn1C1CCCN(CCOc2cccc(C)c2)C1. The molecule has 2 aromatic rings. The number of benzene rings is 1. The molecule has 4 heteroatoms. The molecule has 0 spiro atoms. The first kappa shape index (κ1) is 16.1. The van der Waals surface area contributed by atoms with Crippen LogP contribution >= 0.6 is 0 Å². The van der Waals surface area contributed by atoms with Crippen LogP contribution in [0.4, 0.5) is 0 Å². The van der Waals surface area contributed by atoms with E-state index in [4.69, 9.17) is 4.74 Å². The van der Waals surface area contributed by atoms with Crippen LogP contribution in [0.1, 0.15) is 37.2 Å². The van der Waals surface area contributed by atoms with Crippen LogP contribution in [0.2, 0.25) is 0 Å². The summed E-state index contributed by atoms with van der Waals surface area (Å²) in [6.07, 6.45) is 7.56. The van der Waals surface area contributed by atoms with Gasteiger partial charge in [-0.05, 0) is 44.0 Å². The highest BCUT2D eigenvalue weighted by Crippen LogP contribution is 2.23. The Bertz CT molecular complexity index is 623. The van der Waals surface area contributed by atoms with Crippen molar-refractivity contribution < 1.29 is 4.74 Å². The molecule has 0 radical (unpaired) electrons. The van der Waals surface area contributed by atoms with E-state index in [9.17, 15) is 0 Å². The Balaban J connectivity index is 1.51. The second-order valence-corrected chi connectivity index (χ2v) is 6.37. The highest BCUT2D eigenvalue weighted by atomic mass is 16.5. The molecule has 0 N–H and O–H groups in total. The zero-order chi connectivity index (χ0) is 16.1. The molecule has 0 amide bonds. The maximum absolute atomic E-state index is 5.90. The molecule has 1 unspecified atom stereocenters. The van der Waals surface area contributed by atoms with Gasteiger partial charge in [0, 0.05) is 37.9 Å². The monoisotopic (exact) mass is 313 g/mol. The van der Waals surface area contributed by atoms with Crippen molar-refractivity contribution in [2.24, 2.45) is 0 Å². The van der Waals surface area contributed by atoms with E-state index in [0.717, 1.165) is 31.9 Å². The van der Waals surface area contributed by atoms with Gasteiger partial charge in [-0.3, -0.25) is 4.90 Å². The van der Waals surface area contributed by atoms with E-state index in [1.165, 1.54) is 30.8 Å². The van der Waals surface area contributed by atoms with E-state index in [1.807, 2.05) is 18.3 Å². The number of aryl methyl sites for hydroxylation is 2. The van der Waals surface area contributed by atoms with Gasteiger partial charge in [-0.15, -0.1) is 0 Å². The predicted octanol–water partition coefficient (Wildman–Crippen LogP) is 3.47. The number of aromatic nitrogens is 2. The van der Waals surface area contributed by atoms with E-state index in [1.54, 1.807) is 0 Å². The molecule has 0 bridgehead atoms. The minimum atomic E-state index is 0.556. The zero-order valence-electron chi connectivity index (χ0n) is 14.2. The quantitative estimate of drug-likeness (QED) is 0.818. The first-order chi connectivity index (χ1) is 11.3. The van der Waals surface area contributed by atoms with Crippen LogP contribution in [-0.2, 0) is 6.42 Å². The van der Waals surface area contributed by atoms with Crippen LogP contribution < -0.4 is 4.74 Å². The summed E-state index contributed by atoms with van der Waals surface area (Å²) in [5, 5.41) is 0. The second-order valence-electron chi connectivity index (χ2n) is 6.37. The fourth-order valence-electron chi connectivity index (χ4n) is 3.41. The first-order valence-electron chi connectivity index (χ1n) is 8.70. The van der Waals surface area contributed by atoms with Gasteiger partial charge in [-0.1, -0.05) is 19.1 Å². The van der Waals surface area contributed by atoms with Crippen LogP contribution in [-0.4, -0.2) is 40.7 Å². The number of hydrogen-bond donors (Lipinski definition) is 0. The van der Waals surface area contributed by atoms with E-state index in [2.05, 4.69) is 46.6 Å². The molecular formula is C19H27N3O. The largest absolute Gasteiger partial charge is 0.492 e. The topological polar surface area (TPSA) is 30.3 Å². The molecule has 1 aromatic carbocycles. The smallest absolute Gasteiger partial charge is 0.119 e. The third-order valence-corrected chi connectivity index (χ3v) is 4.60. The summed E-state index contributed by atoms with van der Waals surface area (Å²) in [6.45, 7) is 8.28. The first-order valence-corrected chi connectivity index (χ1v) is 8.70. The van der Waals surface area contributed by atoms with Crippen LogP contribution in [0, 0.1) is 6.92 Å². The van der Waals surface area contributed by atoms with Crippen LogP contribution in [0.3, 0.4) is 0 Å². The van der Waals surface area contributed by atoms with Gasteiger partial charge in [0.2, 0.25) is 0 Å². The number of nitrogens with zero attached hydrogens (tertiary/aromatic N) is 3. The number of piperidine rings is 1. The van der Waals surface area contributed by atoms with E-state index >= 15 is 0 Å². The molecule has 0 aliphatic carbocycles. The maximum Gasteiger partial charge on any atom is 0.119 e. The molecule has 4 nitrogen and oxygen atoms in total. The lowest BCUT2D eigenvalue weighted by Gasteiger charge is -2.34. The van der Waals surface area contributed by atoms with Crippen molar-refractivity contribution in [3.05, 3.63) is 48.0 Å². The molecule has 23 heavy (non-hydrogen) atoms. The fraction of sp³-hybridized carbons (Fsp3) is 0.526. The number of rotatable bonds is 6. The average molecular weight is 313 g/mol. The average Bonchev–Trinajstić information content (AvgIpc) is 3.04. The minimum absolute atomic E-state index is 0.556. The molecule has 2 heterocycles. The molecule has 1 fully saturated rings. The Labute approximate surface area is 139 Å². The van der Waals surface area contributed by atoms with Crippen molar-refractivity contribution in [1.29, 1.82) is 0 Å². The molecule has 1 aliphatic heterocycles. The van der Waals surface area contributed by atoms with E-state index < -0.39 is 0 Å². The number of likely N-dealkylation sites (tertiary alicyclic amines) is 1. The molecule has 3 rings (SSSR count). The third kappa shape index (κ3) is 4.14. The second kappa shape index (κ2) is 7.64. The third-order valence-electron chi connectivity index (χ3n) is 4.60. The molecule has 1 saturated heterocycles. The van der Waals surface area contributed by atoms with Gasteiger partial charge in [0.1, 0.15) is 18.2 Å². The lowest BCUT2D eigenvalue weighted by Crippen LogP contribution is -2.39. The van der Waals surface area contributed by atoms with Gasteiger partial charge < -0.3 is 9.30 Å². The molecule has 124 valence electrons. The van der Waals surface area contributed by atoms with Crippen molar-refractivity contribution in [3.63, 3.8) is 0 Å². The van der Waals surface area contributed by atoms with Crippen molar-refractivity contribution in [2.75, 3.05) is 26.2 Å². The van der Waals surface area contributed by atoms with Crippen molar-refractivity contribution in [1.82, 2.24) is 14.5 Å². The molecule has 1 aliphatic rings. The Hall–Kier alpha value is -1.81. The van der Waals surface area contributed by atoms with Crippen molar-refractivity contribution in [2.45, 2.75) is 39.2 Å².